The molecule has 6 aromatic rings. The first-order chi connectivity index (χ1) is 30.3. The molecule has 8 N–H and O–H groups in total. The second-order valence-corrected chi connectivity index (χ2v) is 14.5. The highest BCUT2D eigenvalue weighted by atomic mass is 16.4. The Hall–Kier alpha value is -8.77. The van der Waals surface area contributed by atoms with Crippen molar-refractivity contribution in [2.45, 2.75) is 25.7 Å². The quantitative estimate of drug-likeness (QED) is 0.0653. The largest absolute Gasteiger partial charge is 0.477 e. The summed E-state index contributed by atoms with van der Waals surface area (Å²) in [5.74, 6) is -3.91. The highest BCUT2D eigenvalue weighted by Gasteiger charge is 2.21. The molecule has 6 aromatic heterocycles. The number of aryl methyl sites for hydroxylation is 6. The van der Waals surface area contributed by atoms with Gasteiger partial charge in [0.15, 0.2) is 17.5 Å². The Kier molecular flexibility index (Phi) is 13.2. The lowest BCUT2D eigenvalue weighted by Crippen LogP contribution is -2.19. The number of hydrogen-bond acceptors (Lipinski definition) is 11. The molecule has 0 aliphatic rings. The second kappa shape index (κ2) is 18.9. The van der Waals surface area contributed by atoms with Crippen molar-refractivity contribution in [1.82, 2.24) is 42.4 Å². The molecule has 7 amide bonds. The summed E-state index contributed by atoms with van der Waals surface area (Å²) >= 11 is 0. The lowest BCUT2D eigenvalue weighted by molar-refractivity contribution is -0.121. The fraction of sp³-hybridized carbons (Fsp3) is 0.256. The molecule has 0 atom stereocenters. The van der Waals surface area contributed by atoms with Crippen LogP contribution in [0.2, 0.25) is 0 Å². The predicted octanol–water partition coefficient (Wildman–Crippen LogP) is 2.07. The van der Waals surface area contributed by atoms with Crippen LogP contribution in [0.4, 0.5) is 40.3 Å². The molecule has 0 aliphatic heterocycles. The minimum Gasteiger partial charge on any atom is -0.477 e. The SMILES string of the molecule is Cn1cc(NC(=O)c2nccn2C)cc1NC(=O)CCC(=O)Nc1cn(C)c(C(=O)Nc2cc(NC(=O)CCC(=O)Nc3cn(C)c(C(=O)Nc4cc(C(=O)O)n(C)c4)n3)n(C)c2)n1. The van der Waals surface area contributed by atoms with Crippen LogP contribution in [0, 0.1) is 0 Å². The molecular weight excluding hydrogens is 837 g/mol. The van der Waals surface area contributed by atoms with Crippen molar-refractivity contribution in [2.24, 2.45) is 42.3 Å². The van der Waals surface area contributed by atoms with E-state index in [4.69, 9.17) is 0 Å². The third-order valence-electron chi connectivity index (χ3n) is 9.42. The highest BCUT2D eigenvalue weighted by molar-refractivity contribution is 6.05. The lowest BCUT2D eigenvalue weighted by atomic mass is 10.3. The summed E-state index contributed by atoms with van der Waals surface area (Å²) in [7, 11) is 9.61. The lowest BCUT2D eigenvalue weighted by Gasteiger charge is -2.06. The van der Waals surface area contributed by atoms with E-state index in [9.17, 15) is 43.5 Å². The standard InChI is InChI=1S/C39H44N16O9/c1-50-12-11-40-33(50)36(60)42-22-14-27(52(3)17-22)48-31(58)9-7-30(57)45-26-20-55(6)35(47-26)38(62)43-23-15-28(53(4)18-23)49-32(59)10-8-29(56)44-25-19-54(5)34(46-25)37(61)41-21-13-24(39(63)64)51(2)16-21/h11-20H,7-10H2,1-6H3,(H,41,61)(H,42,60)(H,43,62)(H,44,56)(H,45,57)(H,48,58)(H,49,59)(H,63,64). The number of carbonyl (C=O) groups is 8. The topological polar surface area (TPSA) is 309 Å². The van der Waals surface area contributed by atoms with E-state index in [0.29, 0.717) is 23.0 Å². The maximum atomic E-state index is 13.2. The highest BCUT2D eigenvalue weighted by Crippen LogP contribution is 2.21. The Morgan fingerprint density at radius 1 is 0.469 bits per heavy atom. The maximum Gasteiger partial charge on any atom is 0.352 e. The molecule has 25 heteroatoms. The average molecular weight is 881 g/mol. The number of nitrogens with one attached hydrogen (secondary N) is 7. The van der Waals surface area contributed by atoms with Crippen LogP contribution in [0.3, 0.4) is 0 Å². The summed E-state index contributed by atoms with van der Waals surface area (Å²) in [6, 6.07) is 4.36. The van der Waals surface area contributed by atoms with E-state index in [-0.39, 0.29) is 66.2 Å². The van der Waals surface area contributed by atoms with E-state index in [0.717, 1.165) is 0 Å². The van der Waals surface area contributed by atoms with Crippen molar-refractivity contribution in [2.75, 3.05) is 37.2 Å². The third kappa shape index (κ3) is 10.9. The van der Waals surface area contributed by atoms with Crippen molar-refractivity contribution >= 4 is 87.7 Å². The van der Waals surface area contributed by atoms with Gasteiger partial charge in [0.2, 0.25) is 35.3 Å². The van der Waals surface area contributed by atoms with Gasteiger partial charge in [-0.2, -0.15) is 0 Å². The minimum atomic E-state index is -1.16. The number of carboxylic acids is 1. The van der Waals surface area contributed by atoms with Crippen LogP contribution >= 0.6 is 0 Å². The molecule has 6 heterocycles. The first kappa shape index (κ1) is 44.8. The summed E-state index contributed by atoms with van der Waals surface area (Å²) < 4.78 is 8.84. The number of imidazole rings is 3. The molecule has 6 rings (SSSR count). The first-order valence-corrected chi connectivity index (χ1v) is 19.2. The Morgan fingerprint density at radius 3 is 1.25 bits per heavy atom. The van der Waals surface area contributed by atoms with Gasteiger partial charge in [0.05, 0.1) is 17.1 Å². The number of anilines is 7. The normalized spacial score (nSPS) is 10.8. The molecule has 334 valence electrons. The van der Waals surface area contributed by atoms with Gasteiger partial charge in [-0.25, -0.2) is 19.7 Å². The van der Waals surface area contributed by atoms with E-state index in [1.54, 1.807) is 66.5 Å². The smallest absolute Gasteiger partial charge is 0.352 e. The zero-order valence-corrected chi connectivity index (χ0v) is 35.3. The molecule has 0 radical (unpaired) electrons. The zero-order chi connectivity index (χ0) is 46.4. The molecule has 0 aromatic carbocycles. The number of carbonyl (C=O) groups excluding carboxylic acids is 7. The van der Waals surface area contributed by atoms with E-state index >= 15 is 0 Å². The molecule has 0 unspecified atom stereocenters. The van der Waals surface area contributed by atoms with Crippen LogP contribution in [-0.4, -0.2) is 94.8 Å². The molecule has 0 fully saturated rings. The van der Waals surface area contributed by atoms with Gasteiger partial charge < -0.3 is 69.7 Å². The maximum absolute atomic E-state index is 13.2. The van der Waals surface area contributed by atoms with E-state index in [2.05, 4.69) is 52.2 Å². The van der Waals surface area contributed by atoms with E-state index in [1.165, 1.54) is 64.7 Å². The zero-order valence-electron chi connectivity index (χ0n) is 35.3. The molecule has 0 aliphatic carbocycles. The Bertz CT molecular complexity index is 2810. The minimum absolute atomic E-state index is 0.0285. The molecular formula is C39H44N16O9. The van der Waals surface area contributed by atoms with Crippen LogP contribution in [0.25, 0.3) is 0 Å². The van der Waals surface area contributed by atoms with Crippen molar-refractivity contribution in [1.29, 1.82) is 0 Å². The molecule has 0 saturated carbocycles. The average Bonchev–Trinajstić information content (AvgIpc) is 4.08. The van der Waals surface area contributed by atoms with Gasteiger partial charge in [-0.3, -0.25) is 33.6 Å². The molecule has 0 bridgehead atoms. The van der Waals surface area contributed by atoms with Crippen LogP contribution < -0.4 is 37.2 Å². The van der Waals surface area contributed by atoms with Crippen LogP contribution in [0.5, 0.6) is 0 Å². The summed E-state index contributed by atoms with van der Waals surface area (Å²) in [6.45, 7) is 0. The first-order valence-electron chi connectivity index (χ1n) is 19.2. The third-order valence-corrected chi connectivity index (χ3v) is 9.42. The number of hydrogen-bond donors (Lipinski definition) is 8. The van der Waals surface area contributed by atoms with Crippen LogP contribution in [-0.2, 0) is 61.5 Å². The molecule has 0 spiro atoms. The van der Waals surface area contributed by atoms with Gasteiger partial charge in [0.25, 0.3) is 17.7 Å². The van der Waals surface area contributed by atoms with E-state index in [1.807, 2.05) is 0 Å². The van der Waals surface area contributed by atoms with Gasteiger partial charge in [-0.1, -0.05) is 0 Å². The second-order valence-electron chi connectivity index (χ2n) is 14.5. The summed E-state index contributed by atoms with van der Waals surface area (Å²) in [5.41, 5.74) is 0.961. The monoisotopic (exact) mass is 880 g/mol. The van der Waals surface area contributed by atoms with Gasteiger partial charge >= 0.3 is 5.97 Å². The molecule has 64 heavy (non-hydrogen) atoms. The van der Waals surface area contributed by atoms with Crippen LogP contribution in [0.15, 0.2) is 61.6 Å². The van der Waals surface area contributed by atoms with E-state index < -0.39 is 47.3 Å². The number of nitrogens with zero attached hydrogens (tertiary/aromatic N) is 9. The predicted molar refractivity (Wildman–Crippen MR) is 230 cm³/mol. The Morgan fingerprint density at radius 2 is 0.859 bits per heavy atom. The molecule has 25 nitrogen and oxygen atoms in total. The van der Waals surface area contributed by atoms with Gasteiger partial charge in [-0.15, -0.1) is 0 Å². The number of rotatable bonds is 17. The number of carboxylic acid groups (broad SMARTS) is 1. The molecule has 0 saturated heterocycles. The summed E-state index contributed by atoms with van der Waals surface area (Å²) in [6.07, 6.45) is 9.77. The number of aromatic nitrogens is 9. The fourth-order valence-corrected chi connectivity index (χ4v) is 6.26. The van der Waals surface area contributed by atoms with Crippen molar-refractivity contribution in [3.05, 3.63) is 84.7 Å². The van der Waals surface area contributed by atoms with Crippen molar-refractivity contribution in [3.63, 3.8) is 0 Å². The van der Waals surface area contributed by atoms with Gasteiger partial charge in [0, 0.05) is 123 Å². The van der Waals surface area contributed by atoms with Crippen molar-refractivity contribution in [3.8, 4) is 0 Å². The van der Waals surface area contributed by atoms with Gasteiger partial charge in [0.1, 0.15) is 17.3 Å². The summed E-state index contributed by atoms with van der Waals surface area (Å²) in [5, 5.41) is 27.7. The number of aromatic carboxylic acids is 1. The Labute approximate surface area is 362 Å². The Balaban J connectivity index is 0.924. The fourth-order valence-electron chi connectivity index (χ4n) is 6.26. The van der Waals surface area contributed by atoms with Gasteiger partial charge in [-0.05, 0) is 6.07 Å². The summed E-state index contributed by atoms with van der Waals surface area (Å²) in [4.78, 5) is 113. The number of amides is 7. The van der Waals surface area contributed by atoms with Crippen LogP contribution in [0.1, 0.15) is 68.0 Å². The van der Waals surface area contributed by atoms with Crippen molar-refractivity contribution < 1.29 is 43.5 Å².